The summed E-state index contributed by atoms with van der Waals surface area (Å²) in [6.07, 6.45) is 1.56. The predicted molar refractivity (Wildman–Crippen MR) is 83.9 cm³/mol. The third kappa shape index (κ3) is 2.82. The Balaban J connectivity index is 2.62. The van der Waals surface area contributed by atoms with Gasteiger partial charge in [-0.05, 0) is 42.8 Å². The molecule has 0 radical (unpaired) electrons. The van der Waals surface area contributed by atoms with Gasteiger partial charge in [-0.15, -0.1) is 0 Å². The number of hydrogen-bond acceptors (Lipinski definition) is 3. The number of benzene rings is 2. The summed E-state index contributed by atoms with van der Waals surface area (Å²) in [7, 11) is 0. The quantitative estimate of drug-likeness (QED) is 0.479. The lowest BCUT2D eigenvalue weighted by Gasteiger charge is -2.14. The van der Waals surface area contributed by atoms with Crippen LogP contribution in [0.2, 0.25) is 0 Å². The van der Waals surface area contributed by atoms with Gasteiger partial charge in [0.2, 0.25) is 0 Å². The molecule has 21 heavy (non-hydrogen) atoms. The normalized spacial score (nSPS) is 12.2. The lowest BCUT2D eigenvalue weighted by atomic mass is 9.95. The van der Waals surface area contributed by atoms with E-state index in [0.29, 0.717) is 16.7 Å². The van der Waals surface area contributed by atoms with Crippen molar-refractivity contribution in [3.8, 4) is 5.75 Å². The zero-order valence-electron chi connectivity index (χ0n) is 12.9. The lowest BCUT2D eigenvalue weighted by molar-refractivity contribution is -0.138. The van der Waals surface area contributed by atoms with Crippen LogP contribution >= 0.6 is 0 Å². The first-order chi connectivity index (χ1) is 9.99. The van der Waals surface area contributed by atoms with Crippen molar-refractivity contribution in [2.75, 3.05) is 0 Å². The first-order valence-electron chi connectivity index (χ1n) is 7.19. The Bertz CT molecular complexity index is 701. The zero-order chi connectivity index (χ0) is 15.6. The van der Waals surface area contributed by atoms with Crippen molar-refractivity contribution < 1.29 is 14.3 Å². The highest BCUT2D eigenvalue weighted by Gasteiger charge is 2.17. The Hall–Kier alpha value is -2.16. The molecular formula is C18H20O3. The van der Waals surface area contributed by atoms with E-state index in [1.54, 1.807) is 6.07 Å². The number of hydrogen-bond donors (Lipinski definition) is 0. The Morgan fingerprint density at radius 2 is 2.05 bits per heavy atom. The summed E-state index contributed by atoms with van der Waals surface area (Å²) in [4.78, 5) is 23.5. The summed E-state index contributed by atoms with van der Waals surface area (Å²) in [5.41, 5.74) is 2.57. The van der Waals surface area contributed by atoms with Gasteiger partial charge in [0.05, 0.1) is 5.92 Å². The number of esters is 1. The summed E-state index contributed by atoms with van der Waals surface area (Å²) in [6.45, 7) is 7.66. The van der Waals surface area contributed by atoms with E-state index in [2.05, 4.69) is 0 Å². The molecule has 0 fully saturated rings. The second-order valence-corrected chi connectivity index (χ2v) is 5.43. The smallest absolute Gasteiger partial charge is 0.314 e. The predicted octanol–water partition coefficient (Wildman–Crippen LogP) is 4.22. The molecule has 0 aromatic heterocycles. The van der Waals surface area contributed by atoms with E-state index in [0.717, 1.165) is 29.2 Å². The van der Waals surface area contributed by atoms with Crippen molar-refractivity contribution in [3.63, 3.8) is 0 Å². The standard InChI is InChI=1S/C18H20O3/c1-5-11(2)18(20)21-16-8-6-7-14-9-12(3)13(4)15(10-19)17(14)16/h6-11H,5H2,1-4H3/t11-/m0/s1. The van der Waals surface area contributed by atoms with Gasteiger partial charge in [0, 0.05) is 10.9 Å². The van der Waals surface area contributed by atoms with E-state index < -0.39 is 0 Å². The van der Waals surface area contributed by atoms with Gasteiger partial charge in [0.1, 0.15) is 5.75 Å². The molecular weight excluding hydrogens is 264 g/mol. The van der Waals surface area contributed by atoms with Crippen LogP contribution in [0.15, 0.2) is 24.3 Å². The zero-order valence-corrected chi connectivity index (χ0v) is 12.9. The van der Waals surface area contributed by atoms with E-state index in [9.17, 15) is 9.59 Å². The molecule has 0 bridgehead atoms. The van der Waals surface area contributed by atoms with Gasteiger partial charge in [-0.2, -0.15) is 0 Å². The van der Waals surface area contributed by atoms with Crippen molar-refractivity contribution >= 4 is 23.0 Å². The number of fused-ring (bicyclic) bond motifs is 1. The van der Waals surface area contributed by atoms with E-state index >= 15 is 0 Å². The third-order valence-corrected chi connectivity index (χ3v) is 4.04. The summed E-state index contributed by atoms with van der Waals surface area (Å²) in [5.74, 6) is 0.0366. The molecule has 0 aliphatic carbocycles. The average Bonchev–Trinajstić information content (AvgIpc) is 2.48. The van der Waals surface area contributed by atoms with Crippen LogP contribution in [0.5, 0.6) is 5.75 Å². The molecule has 3 nitrogen and oxygen atoms in total. The summed E-state index contributed by atoms with van der Waals surface area (Å²) in [5, 5.41) is 1.63. The molecule has 0 amide bonds. The summed E-state index contributed by atoms with van der Waals surface area (Å²) < 4.78 is 5.52. The molecule has 2 aromatic rings. The van der Waals surface area contributed by atoms with Gasteiger partial charge in [0.25, 0.3) is 0 Å². The Labute approximate surface area is 124 Å². The molecule has 0 aliphatic heterocycles. The van der Waals surface area contributed by atoms with E-state index in [1.807, 2.05) is 45.9 Å². The van der Waals surface area contributed by atoms with Crippen molar-refractivity contribution in [3.05, 3.63) is 41.0 Å². The number of ether oxygens (including phenoxy) is 1. The third-order valence-electron chi connectivity index (χ3n) is 4.04. The highest BCUT2D eigenvalue weighted by Crippen LogP contribution is 2.32. The van der Waals surface area contributed by atoms with Crippen LogP contribution in [0, 0.1) is 19.8 Å². The Kier molecular flexibility index (Phi) is 4.41. The van der Waals surface area contributed by atoms with Crippen LogP contribution in [-0.2, 0) is 4.79 Å². The second kappa shape index (κ2) is 6.08. The van der Waals surface area contributed by atoms with E-state index in [1.165, 1.54) is 0 Å². The van der Waals surface area contributed by atoms with Crippen LogP contribution in [0.4, 0.5) is 0 Å². The first kappa shape index (κ1) is 15.2. The summed E-state index contributed by atoms with van der Waals surface area (Å²) >= 11 is 0. The molecule has 0 unspecified atom stereocenters. The van der Waals surface area contributed by atoms with E-state index in [4.69, 9.17) is 4.74 Å². The van der Waals surface area contributed by atoms with Crippen LogP contribution in [0.25, 0.3) is 10.8 Å². The SMILES string of the molecule is CC[C@H](C)C(=O)Oc1cccc2cc(C)c(C)c(C=O)c12. The van der Waals surface area contributed by atoms with Gasteiger partial charge < -0.3 is 4.74 Å². The van der Waals surface area contributed by atoms with Crippen molar-refractivity contribution in [2.24, 2.45) is 5.92 Å². The fourth-order valence-corrected chi connectivity index (χ4v) is 2.31. The maximum Gasteiger partial charge on any atom is 0.314 e. The van der Waals surface area contributed by atoms with Crippen LogP contribution < -0.4 is 4.74 Å². The molecule has 0 heterocycles. The van der Waals surface area contributed by atoms with Crippen molar-refractivity contribution in [1.82, 2.24) is 0 Å². The molecule has 0 aliphatic rings. The molecule has 1 atom stereocenters. The highest BCUT2D eigenvalue weighted by molar-refractivity contribution is 6.04. The van der Waals surface area contributed by atoms with Gasteiger partial charge in [-0.3, -0.25) is 9.59 Å². The number of aldehydes is 1. The molecule has 2 aromatic carbocycles. The minimum absolute atomic E-state index is 0.161. The number of carbonyl (C=O) groups is 2. The Morgan fingerprint density at radius 1 is 1.33 bits per heavy atom. The van der Waals surface area contributed by atoms with Crippen LogP contribution in [-0.4, -0.2) is 12.3 Å². The molecule has 0 spiro atoms. The van der Waals surface area contributed by atoms with Crippen molar-refractivity contribution in [2.45, 2.75) is 34.1 Å². The van der Waals surface area contributed by atoms with Crippen LogP contribution in [0.1, 0.15) is 41.8 Å². The summed E-state index contributed by atoms with van der Waals surface area (Å²) in [6, 6.07) is 7.52. The first-order valence-corrected chi connectivity index (χ1v) is 7.19. The topological polar surface area (TPSA) is 43.4 Å². The number of aryl methyl sites for hydroxylation is 1. The minimum atomic E-state index is -0.264. The van der Waals surface area contributed by atoms with Gasteiger partial charge >= 0.3 is 5.97 Å². The molecule has 0 saturated carbocycles. The fraction of sp³-hybridized carbons (Fsp3) is 0.333. The monoisotopic (exact) mass is 284 g/mol. The van der Waals surface area contributed by atoms with Crippen LogP contribution in [0.3, 0.4) is 0 Å². The Morgan fingerprint density at radius 3 is 2.67 bits per heavy atom. The molecule has 3 heteroatoms. The maximum atomic E-state index is 12.0. The van der Waals surface area contributed by atoms with Gasteiger partial charge in [-0.1, -0.05) is 32.0 Å². The molecule has 110 valence electrons. The second-order valence-electron chi connectivity index (χ2n) is 5.43. The molecule has 2 rings (SSSR count). The average molecular weight is 284 g/mol. The van der Waals surface area contributed by atoms with Crippen molar-refractivity contribution in [1.29, 1.82) is 0 Å². The fourth-order valence-electron chi connectivity index (χ4n) is 2.31. The molecule has 0 N–H and O–H groups in total. The minimum Gasteiger partial charge on any atom is -0.426 e. The number of rotatable bonds is 4. The number of carbonyl (C=O) groups excluding carboxylic acids is 2. The highest BCUT2D eigenvalue weighted by atomic mass is 16.5. The van der Waals surface area contributed by atoms with E-state index in [-0.39, 0.29) is 11.9 Å². The largest absolute Gasteiger partial charge is 0.426 e. The maximum absolute atomic E-state index is 12.0. The van der Waals surface area contributed by atoms with Gasteiger partial charge in [0.15, 0.2) is 6.29 Å². The lowest BCUT2D eigenvalue weighted by Crippen LogP contribution is -2.17. The molecule has 0 saturated heterocycles. The van der Waals surface area contributed by atoms with Gasteiger partial charge in [-0.25, -0.2) is 0 Å².